The molecule has 0 unspecified atom stereocenters. The number of carbonyl (C=O) groups excluding carboxylic acids is 2. The molecule has 0 atom stereocenters. The fourth-order valence-corrected chi connectivity index (χ4v) is 2.88. The molecule has 0 spiro atoms. The maximum absolute atomic E-state index is 12.9. The van der Waals surface area contributed by atoms with E-state index < -0.39 is 5.91 Å². The molecular weight excluding hydrogens is 396 g/mol. The Morgan fingerprint density at radius 3 is 2.54 bits per heavy atom. The van der Waals surface area contributed by atoms with Gasteiger partial charge in [-0.05, 0) is 39.7 Å². The summed E-state index contributed by atoms with van der Waals surface area (Å²) in [5.74, 6) is 0.0180. The highest BCUT2D eigenvalue weighted by atomic mass is 79.9. The molecule has 0 aromatic heterocycles. The molecule has 0 aliphatic rings. The molecule has 2 N–H and O–H groups in total. The Morgan fingerprint density at radius 1 is 1.19 bits per heavy atom. The van der Waals surface area contributed by atoms with Gasteiger partial charge in [-0.2, -0.15) is 0 Å². The third-order valence-electron chi connectivity index (χ3n) is 3.67. The van der Waals surface area contributed by atoms with E-state index in [0.717, 1.165) is 5.56 Å². The molecule has 0 saturated carbocycles. The number of halogens is 1. The fraction of sp³-hybridized carbons (Fsp3) is 0.200. The zero-order chi connectivity index (χ0) is 18.9. The van der Waals surface area contributed by atoms with E-state index in [1.54, 1.807) is 29.2 Å². The molecule has 2 amide bonds. The first-order valence-electron chi connectivity index (χ1n) is 8.16. The van der Waals surface area contributed by atoms with E-state index in [4.69, 9.17) is 10.5 Å². The number of nitrogens with two attached hydrogens (primary N) is 1. The summed E-state index contributed by atoms with van der Waals surface area (Å²) in [5.41, 5.74) is 6.74. The Hall–Kier alpha value is -2.60. The van der Waals surface area contributed by atoms with Crippen LogP contribution in [0.4, 0.5) is 0 Å². The predicted octanol–water partition coefficient (Wildman–Crippen LogP) is 3.53. The zero-order valence-electron chi connectivity index (χ0n) is 14.4. The first-order chi connectivity index (χ1) is 12.5. The minimum Gasteiger partial charge on any atom is -0.488 e. The number of nitrogens with zero attached hydrogens (tertiary/aromatic N) is 1. The average Bonchev–Trinajstić information content (AvgIpc) is 2.64. The highest BCUT2D eigenvalue weighted by molar-refractivity contribution is 9.10. The summed E-state index contributed by atoms with van der Waals surface area (Å²) >= 11 is 3.42. The van der Waals surface area contributed by atoms with Crippen molar-refractivity contribution in [2.45, 2.75) is 13.0 Å². The van der Waals surface area contributed by atoms with Gasteiger partial charge in [0.15, 0.2) is 0 Å². The summed E-state index contributed by atoms with van der Waals surface area (Å²) in [6.07, 6.45) is 1.76. The SMILES string of the molecule is C=CCOc1ccc(C(=O)N(CCC(N)=O)Cc2ccccc2)cc1Br. The van der Waals surface area contributed by atoms with Gasteiger partial charge in [0.2, 0.25) is 5.91 Å². The Labute approximate surface area is 161 Å². The highest BCUT2D eigenvalue weighted by Gasteiger charge is 2.18. The topological polar surface area (TPSA) is 72.6 Å². The third-order valence-corrected chi connectivity index (χ3v) is 4.29. The second kappa shape index (κ2) is 9.77. The van der Waals surface area contributed by atoms with E-state index in [-0.39, 0.29) is 18.9 Å². The maximum Gasteiger partial charge on any atom is 0.254 e. The van der Waals surface area contributed by atoms with E-state index in [2.05, 4.69) is 22.5 Å². The molecule has 6 heteroatoms. The quantitative estimate of drug-likeness (QED) is 0.635. The van der Waals surface area contributed by atoms with Crippen LogP contribution in [0.3, 0.4) is 0 Å². The van der Waals surface area contributed by atoms with E-state index >= 15 is 0 Å². The average molecular weight is 417 g/mol. The molecule has 0 fully saturated rings. The second-order valence-corrected chi connectivity index (χ2v) is 6.53. The smallest absolute Gasteiger partial charge is 0.254 e. The first kappa shape index (κ1) is 19.7. The van der Waals surface area contributed by atoms with Crippen LogP contribution in [0.15, 0.2) is 65.7 Å². The van der Waals surface area contributed by atoms with Crippen molar-refractivity contribution in [3.8, 4) is 5.75 Å². The van der Waals surface area contributed by atoms with Gasteiger partial charge in [0.1, 0.15) is 12.4 Å². The molecule has 0 saturated heterocycles. The van der Waals surface area contributed by atoms with Crippen molar-refractivity contribution in [2.75, 3.05) is 13.2 Å². The van der Waals surface area contributed by atoms with Crippen LogP contribution in [0.2, 0.25) is 0 Å². The van der Waals surface area contributed by atoms with Gasteiger partial charge in [-0.3, -0.25) is 9.59 Å². The van der Waals surface area contributed by atoms with Gasteiger partial charge in [0.25, 0.3) is 5.91 Å². The highest BCUT2D eigenvalue weighted by Crippen LogP contribution is 2.27. The lowest BCUT2D eigenvalue weighted by Crippen LogP contribution is -2.33. The van der Waals surface area contributed by atoms with Crippen LogP contribution in [0.5, 0.6) is 5.75 Å². The lowest BCUT2D eigenvalue weighted by atomic mass is 10.1. The number of hydrogen-bond acceptors (Lipinski definition) is 3. The van der Waals surface area contributed by atoms with Crippen molar-refractivity contribution >= 4 is 27.7 Å². The van der Waals surface area contributed by atoms with Crippen molar-refractivity contribution in [1.82, 2.24) is 4.90 Å². The number of benzene rings is 2. The molecule has 2 rings (SSSR count). The summed E-state index contributed by atoms with van der Waals surface area (Å²) in [7, 11) is 0. The van der Waals surface area contributed by atoms with Crippen LogP contribution < -0.4 is 10.5 Å². The molecule has 136 valence electrons. The maximum atomic E-state index is 12.9. The Kier molecular flexibility index (Phi) is 7.41. The van der Waals surface area contributed by atoms with E-state index in [1.165, 1.54) is 0 Å². The van der Waals surface area contributed by atoms with E-state index in [9.17, 15) is 9.59 Å². The van der Waals surface area contributed by atoms with Crippen molar-refractivity contribution < 1.29 is 14.3 Å². The van der Waals surface area contributed by atoms with E-state index in [0.29, 0.717) is 28.9 Å². The van der Waals surface area contributed by atoms with Crippen LogP contribution >= 0.6 is 15.9 Å². The summed E-state index contributed by atoms with van der Waals surface area (Å²) in [6.45, 7) is 4.65. The van der Waals surface area contributed by atoms with Gasteiger partial charge in [0.05, 0.1) is 4.47 Å². The monoisotopic (exact) mass is 416 g/mol. The molecule has 2 aromatic rings. The summed E-state index contributed by atoms with van der Waals surface area (Å²) in [4.78, 5) is 25.7. The van der Waals surface area contributed by atoms with Gasteiger partial charge in [-0.15, -0.1) is 0 Å². The number of rotatable bonds is 9. The molecule has 0 bridgehead atoms. The Morgan fingerprint density at radius 2 is 1.92 bits per heavy atom. The van der Waals surface area contributed by atoms with Crippen LogP contribution in [0.1, 0.15) is 22.3 Å². The van der Waals surface area contributed by atoms with Gasteiger partial charge in [0, 0.05) is 25.1 Å². The standard InChI is InChI=1S/C20H21BrN2O3/c1-2-12-26-18-9-8-16(13-17(18)21)20(25)23(11-10-19(22)24)14-15-6-4-3-5-7-15/h2-9,13H,1,10-12,14H2,(H2,22,24). The van der Waals surface area contributed by atoms with Crippen LogP contribution in [0, 0.1) is 0 Å². The number of primary amides is 1. The van der Waals surface area contributed by atoms with Crippen molar-refractivity contribution in [1.29, 1.82) is 0 Å². The van der Waals surface area contributed by atoms with Crippen LogP contribution in [-0.2, 0) is 11.3 Å². The number of hydrogen-bond donors (Lipinski definition) is 1. The summed E-state index contributed by atoms with van der Waals surface area (Å²) < 4.78 is 6.19. The lowest BCUT2D eigenvalue weighted by Gasteiger charge is -2.23. The predicted molar refractivity (Wildman–Crippen MR) is 105 cm³/mol. The van der Waals surface area contributed by atoms with Crippen LogP contribution in [-0.4, -0.2) is 29.9 Å². The molecular formula is C20H21BrN2O3. The molecule has 2 aromatic carbocycles. The normalized spacial score (nSPS) is 10.2. The van der Waals surface area contributed by atoms with Gasteiger partial charge >= 0.3 is 0 Å². The zero-order valence-corrected chi connectivity index (χ0v) is 15.9. The third kappa shape index (κ3) is 5.74. The van der Waals surface area contributed by atoms with Crippen molar-refractivity contribution in [3.63, 3.8) is 0 Å². The first-order valence-corrected chi connectivity index (χ1v) is 8.95. The van der Waals surface area contributed by atoms with Crippen molar-refractivity contribution in [2.24, 2.45) is 5.73 Å². The summed E-state index contributed by atoms with van der Waals surface area (Å²) in [5, 5.41) is 0. The van der Waals surface area contributed by atoms with Gasteiger partial charge in [-0.1, -0.05) is 43.0 Å². The number of carbonyl (C=O) groups is 2. The molecule has 5 nitrogen and oxygen atoms in total. The summed E-state index contributed by atoms with van der Waals surface area (Å²) in [6, 6.07) is 14.8. The lowest BCUT2D eigenvalue weighted by molar-refractivity contribution is -0.118. The van der Waals surface area contributed by atoms with E-state index in [1.807, 2.05) is 30.3 Å². The molecule has 0 heterocycles. The second-order valence-electron chi connectivity index (χ2n) is 5.67. The number of amides is 2. The minimum absolute atomic E-state index is 0.111. The Bertz CT molecular complexity index is 778. The molecule has 0 aliphatic heterocycles. The van der Waals surface area contributed by atoms with Gasteiger partial charge in [-0.25, -0.2) is 0 Å². The molecule has 26 heavy (non-hydrogen) atoms. The van der Waals surface area contributed by atoms with Gasteiger partial charge < -0.3 is 15.4 Å². The molecule has 0 aliphatic carbocycles. The molecule has 0 radical (unpaired) electrons. The Balaban J connectivity index is 2.20. The van der Waals surface area contributed by atoms with Crippen molar-refractivity contribution in [3.05, 3.63) is 76.8 Å². The largest absolute Gasteiger partial charge is 0.488 e. The number of ether oxygens (including phenoxy) is 1. The minimum atomic E-state index is -0.440. The fourth-order valence-electron chi connectivity index (χ4n) is 2.38. The van der Waals surface area contributed by atoms with Crippen LogP contribution in [0.25, 0.3) is 0 Å².